The first-order chi connectivity index (χ1) is 3.93. The van der Waals surface area contributed by atoms with Crippen molar-refractivity contribution in [3.8, 4) is 0 Å². The predicted octanol–water partition coefficient (Wildman–Crippen LogP) is 2.09. The van der Waals surface area contributed by atoms with Crippen molar-refractivity contribution in [3.63, 3.8) is 0 Å². The number of hydrogen-bond acceptors (Lipinski definition) is 1. The fourth-order valence-electron chi connectivity index (χ4n) is 0.889. The van der Waals surface area contributed by atoms with Gasteiger partial charge in [0.1, 0.15) is 0 Å². The van der Waals surface area contributed by atoms with Crippen LogP contribution in [0.4, 0.5) is 0 Å². The average Bonchev–Trinajstić information content (AvgIpc) is 2.19. The van der Waals surface area contributed by atoms with Crippen LogP contribution >= 0.6 is 0 Å². The highest BCUT2D eigenvalue weighted by atomic mass is 16.5. The standard InChI is InChI=1S/C7H12O/c1-2-4-7-5-3-6-8-7/h5H,2-4,6H2,1H3. The van der Waals surface area contributed by atoms with Gasteiger partial charge in [-0.25, -0.2) is 0 Å². The highest BCUT2D eigenvalue weighted by molar-refractivity contribution is 4.97. The van der Waals surface area contributed by atoms with Gasteiger partial charge in [0.25, 0.3) is 0 Å². The minimum atomic E-state index is 0.912. The number of rotatable bonds is 2. The third-order valence-electron chi connectivity index (χ3n) is 1.27. The highest BCUT2D eigenvalue weighted by Gasteiger charge is 2.01. The van der Waals surface area contributed by atoms with Gasteiger partial charge >= 0.3 is 0 Å². The number of hydrogen-bond donors (Lipinski definition) is 0. The van der Waals surface area contributed by atoms with Gasteiger partial charge in [0.2, 0.25) is 0 Å². The monoisotopic (exact) mass is 112 g/mol. The van der Waals surface area contributed by atoms with Gasteiger partial charge in [-0.05, 0) is 12.5 Å². The maximum atomic E-state index is 5.25. The van der Waals surface area contributed by atoms with Gasteiger partial charge < -0.3 is 4.74 Å². The predicted molar refractivity (Wildman–Crippen MR) is 33.6 cm³/mol. The molecule has 1 heteroatoms. The van der Waals surface area contributed by atoms with Crippen LogP contribution in [-0.4, -0.2) is 6.61 Å². The molecule has 0 amide bonds. The first-order valence-electron chi connectivity index (χ1n) is 3.25. The fourth-order valence-corrected chi connectivity index (χ4v) is 0.889. The Labute approximate surface area is 50.3 Å². The summed E-state index contributed by atoms with van der Waals surface area (Å²) >= 11 is 0. The van der Waals surface area contributed by atoms with Crippen LogP contribution in [0.2, 0.25) is 0 Å². The molecule has 0 unspecified atom stereocenters. The second-order valence-corrected chi connectivity index (χ2v) is 2.06. The number of ether oxygens (including phenoxy) is 1. The summed E-state index contributed by atoms with van der Waals surface area (Å²) in [6, 6.07) is 0. The van der Waals surface area contributed by atoms with Gasteiger partial charge in [-0.15, -0.1) is 0 Å². The summed E-state index contributed by atoms with van der Waals surface area (Å²) in [7, 11) is 0. The van der Waals surface area contributed by atoms with Crippen molar-refractivity contribution in [3.05, 3.63) is 11.8 Å². The SMILES string of the molecule is CCCC1=CCCO1. The van der Waals surface area contributed by atoms with Gasteiger partial charge in [-0.1, -0.05) is 6.92 Å². The second-order valence-electron chi connectivity index (χ2n) is 2.06. The maximum Gasteiger partial charge on any atom is 0.0921 e. The van der Waals surface area contributed by atoms with E-state index < -0.39 is 0 Å². The molecule has 0 N–H and O–H groups in total. The van der Waals surface area contributed by atoms with E-state index in [4.69, 9.17) is 4.74 Å². The Hall–Kier alpha value is -0.460. The van der Waals surface area contributed by atoms with Crippen molar-refractivity contribution in [1.29, 1.82) is 0 Å². The lowest BCUT2D eigenvalue weighted by Crippen LogP contribution is -1.82. The van der Waals surface area contributed by atoms with Crippen LogP contribution in [0, 0.1) is 0 Å². The van der Waals surface area contributed by atoms with Crippen molar-refractivity contribution in [2.24, 2.45) is 0 Å². The summed E-state index contributed by atoms with van der Waals surface area (Å²) in [5.74, 6) is 1.20. The Balaban J connectivity index is 2.23. The fraction of sp³-hybridized carbons (Fsp3) is 0.714. The zero-order valence-electron chi connectivity index (χ0n) is 5.31. The van der Waals surface area contributed by atoms with Crippen LogP contribution in [0.25, 0.3) is 0 Å². The molecule has 46 valence electrons. The topological polar surface area (TPSA) is 9.23 Å². The normalized spacial score (nSPS) is 17.9. The summed E-state index contributed by atoms with van der Waals surface area (Å²) in [6.07, 6.45) is 5.63. The molecule has 1 rings (SSSR count). The van der Waals surface area contributed by atoms with E-state index in [1.165, 1.54) is 12.2 Å². The molecule has 0 aromatic heterocycles. The Morgan fingerprint density at radius 1 is 1.75 bits per heavy atom. The van der Waals surface area contributed by atoms with E-state index in [-0.39, 0.29) is 0 Å². The molecule has 0 aliphatic carbocycles. The largest absolute Gasteiger partial charge is 0.498 e. The molecule has 0 aromatic carbocycles. The van der Waals surface area contributed by atoms with Crippen molar-refractivity contribution in [2.75, 3.05) is 6.61 Å². The summed E-state index contributed by atoms with van der Waals surface area (Å²) in [4.78, 5) is 0. The molecule has 0 spiro atoms. The van der Waals surface area contributed by atoms with Gasteiger partial charge in [0.05, 0.1) is 12.4 Å². The molecular formula is C7H12O. The van der Waals surface area contributed by atoms with Gasteiger partial charge in [-0.3, -0.25) is 0 Å². The average molecular weight is 112 g/mol. The lowest BCUT2D eigenvalue weighted by atomic mass is 10.3. The van der Waals surface area contributed by atoms with Crippen molar-refractivity contribution in [2.45, 2.75) is 26.2 Å². The smallest absolute Gasteiger partial charge is 0.0921 e. The zero-order valence-corrected chi connectivity index (χ0v) is 5.31. The third-order valence-corrected chi connectivity index (χ3v) is 1.27. The minimum Gasteiger partial charge on any atom is -0.498 e. The zero-order chi connectivity index (χ0) is 5.82. The highest BCUT2D eigenvalue weighted by Crippen LogP contribution is 2.13. The van der Waals surface area contributed by atoms with E-state index in [9.17, 15) is 0 Å². The van der Waals surface area contributed by atoms with Crippen molar-refractivity contribution >= 4 is 0 Å². The molecule has 8 heavy (non-hydrogen) atoms. The lowest BCUT2D eigenvalue weighted by molar-refractivity contribution is 0.233. The van der Waals surface area contributed by atoms with Crippen molar-refractivity contribution < 1.29 is 4.74 Å². The van der Waals surface area contributed by atoms with Crippen LogP contribution in [0.1, 0.15) is 26.2 Å². The summed E-state index contributed by atoms with van der Waals surface area (Å²) < 4.78 is 5.25. The van der Waals surface area contributed by atoms with Crippen LogP contribution in [0.5, 0.6) is 0 Å². The summed E-state index contributed by atoms with van der Waals surface area (Å²) in [6.45, 7) is 3.08. The van der Waals surface area contributed by atoms with Gasteiger partial charge in [-0.2, -0.15) is 0 Å². The molecule has 0 atom stereocenters. The lowest BCUT2D eigenvalue weighted by Gasteiger charge is -1.98. The Bertz CT molecular complexity index is 94.6. The molecule has 1 nitrogen and oxygen atoms in total. The van der Waals surface area contributed by atoms with E-state index in [0.717, 1.165) is 19.4 Å². The van der Waals surface area contributed by atoms with E-state index in [1.807, 2.05) is 0 Å². The van der Waals surface area contributed by atoms with E-state index >= 15 is 0 Å². The quantitative estimate of drug-likeness (QED) is 0.531. The van der Waals surface area contributed by atoms with E-state index in [1.54, 1.807) is 0 Å². The molecule has 0 aromatic rings. The molecule has 0 radical (unpaired) electrons. The van der Waals surface area contributed by atoms with Crippen LogP contribution in [0.3, 0.4) is 0 Å². The molecule has 0 saturated heterocycles. The molecule has 1 aliphatic rings. The molecule has 1 heterocycles. The molecular weight excluding hydrogens is 100 g/mol. The first-order valence-corrected chi connectivity index (χ1v) is 3.25. The van der Waals surface area contributed by atoms with Gasteiger partial charge in [0, 0.05) is 12.8 Å². The molecule has 1 aliphatic heterocycles. The Morgan fingerprint density at radius 3 is 3.12 bits per heavy atom. The van der Waals surface area contributed by atoms with Crippen LogP contribution < -0.4 is 0 Å². The van der Waals surface area contributed by atoms with E-state index in [2.05, 4.69) is 13.0 Å². The van der Waals surface area contributed by atoms with Gasteiger partial charge in [0.15, 0.2) is 0 Å². The maximum absolute atomic E-state index is 5.25. The Morgan fingerprint density at radius 2 is 2.62 bits per heavy atom. The van der Waals surface area contributed by atoms with Crippen LogP contribution in [-0.2, 0) is 4.74 Å². The second kappa shape index (κ2) is 2.75. The molecule has 0 bridgehead atoms. The minimum absolute atomic E-state index is 0.912. The van der Waals surface area contributed by atoms with E-state index in [0.29, 0.717) is 0 Å². The first kappa shape index (κ1) is 5.67. The Kier molecular flexibility index (Phi) is 1.95. The molecule has 0 saturated carbocycles. The molecule has 0 fully saturated rings. The summed E-state index contributed by atoms with van der Waals surface area (Å²) in [5.41, 5.74) is 0. The third kappa shape index (κ3) is 1.25. The van der Waals surface area contributed by atoms with Crippen LogP contribution in [0.15, 0.2) is 11.8 Å². The number of allylic oxidation sites excluding steroid dienone is 1. The van der Waals surface area contributed by atoms with Crippen molar-refractivity contribution in [1.82, 2.24) is 0 Å². The summed E-state index contributed by atoms with van der Waals surface area (Å²) in [5, 5.41) is 0.